The zero-order chi connectivity index (χ0) is 14.7. The average molecular weight is 283 g/mol. The van der Waals surface area contributed by atoms with Crippen molar-refractivity contribution in [1.82, 2.24) is 14.5 Å². The summed E-state index contributed by atoms with van der Waals surface area (Å²) in [5.74, 6) is -0.0103. The van der Waals surface area contributed by atoms with Crippen LogP contribution in [0.25, 0.3) is 11.3 Å². The number of hydrogen-bond acceptors (Lipinski definition) is 3. The first-order valence-electron chi connectivity index (χ1n) is 7.14. The van der Waals surface area contributed by atoms with Crippen LogP contribution in [0.2, 0.25) is 0 Å². The Balaban J connectivity index is 1.79. The van der Waals surface area contributed by atoms with Gasteiger partial charge in [-0.2, -0.15) is 0 Å². The molecule has 1 aromatic heterocycles. The Bertz CT molecular complexity index is 688. The number of carbonyl (C=O) groups is 1. The second kappa shape index (κ2) is 5.91. The molecule has 3 rings (SSSR count). The van der Waals surface area contributed by atoms with Gasteiger partial charge in [-0.15, -0.1) is 0 Å². The average Bonchev–Trinajstić information content (AvgIpc) is 3.04. The SMILES string of the molecule is O=C(Cn1cnc(-c2ccccc2)cc1=O)N1CCCC1. The van der Waals surface area contributed by atoms with Crippen LogP contribution in [-0.4, -0.2) is 33.4 Å². The summed E-state index contributed by atoms with van der Waals surface area (Å²) in [7, 11) is 0. The Kier molecular flexibility index (Phi) is 3.81. The van der Waals surface area contributed by atoms with Crippen molar-refractivity contribution < 1.29 is 4.79 Å². The van der Waals surface area contributed by atoms with Crippen LogP contribution in [0.5, 0.6) is 0 Å². The molecule has 1 aliphatic rings. The third kappa shape index (κ3) is 3.02. The lowest BCUT2D eigenvalue weighted by Gasteiger charge is -2.15. The van der Waals surface area contributed by atoms with Gasteiger partial charge in [0.2, 0.25) is 5.91 Å². The standard InChI is InChI=1S/C16H17N3O2/c20-15-10-14(13-6-2-1-3-7-13)17-12-19(15)11-16(21)18-8-4-5-9-18/h1-3,6-7,10,12H,4-5,8-9,11H2. The molecule has 1 fully saturated rings. The topological polar surface area (TPSA) is 55.2 Å². The van der Waals surface area contributed by atoms with Gasteiger partial charge in [-0.3, -0.25) is 14.2 Å². The van der Waals surface area contributed by atoms with E-state index >= 15 is 0 Å². The van der Waals surface area contributed by atoms with Gasteiger partial charge in [-0.1, -0.05) is 30.3 Å². The van der Waals surface area contributed by atoms with Crippen molar-refractivity contribution in [2.45, 2.75) is 19.4 Å². The van der Waals surface area contributed by atoms with Gasteiger partial charge in [-0.25, -0.2) is 4.98 Å². The van der Waals surface area contributed by atoms with Crippen LogP contribution in [0, 0.1) is 0 Å². The second-order valence-corrected chi connectivity index (χ2v) is 5.19. The van der Waals surface area contributed by atoms with E-state index in [1.807, 2.05) is 30.3 Å². The summed E-state index contributed by atoms with van der Waals surface area (Å²) < 4.78 is 1.37. The van der Waals surface area contributed by atoms with Crippen LogP contribution in [0.4, 0.5) is 0 Å². The molecule has 0 saturated carbocycles. The van der Waals surface area contributed by atoms with Crippen LogP contribution in [0.15, 0.2) is 47.5 Å². The van der Waals surface area contributed by atoms with Gasteiger partial charge in [0.15, 0.2) is 0 Å². The number of benzene rings is 1. The lowest BCUT2D eigenvalue weighted by molar-refractivity contribution is -0.130. The molecule has 5 nitrogen and oxygen atoms in total. The molecule has 1 aliphatic heterocycles. The van der Waals surface area contributed by atoms with Gasteiger partial charge < -0.3 is 4.90 Å². The Morgan fingerprint density at radius 3 is 2.52 bits per heavy atom. The highest BCUT2D eigenvalue weighted by atomic mass is 16.2. The Hall–Kier alpha value is -2.43. The summed E-state index contributed by atoms with van der Waals surface area (Å²) >= 11 is 0. The van der Waals surface area contributed by atoms with Crippen molar-refractivity contribution in [3.63, 3.8) is 0 Å². The molecule has 2 heterocycles. The van der Waals surface area contributed by atoms with Gasteiger partial charge in [0.25, 0.3) is 5.56 Å². The summed E-state index contributed by atoms with van der Waals surface area (Å²) in [6.07, 6.45) is 3.55. The van der Waals surface area contributed by atoms with E-state index in [1.54, 1.807) is 4.90 Å². The van der Waals surface area contributed by atoms with Crippen molar-refractivity contribution in [1.29, 1.82) is 0 Å². The number of likely N-dealkylation sites (tertiary alicyclic amines) is 1. The molecule has 0 spiro atoms. The third-order valence-corrected chi connectivity index (χ3v) is 3.71. The number of nitrogens with zero attached hydrogens (tertiary/aromatic N) is 3. The van der Waals surface area contributed by atoms with Crippen molar-refractivity contribution in [3.05, 3.63) is 53.1 Å². The summed E-state index contributed by atoms with van der Waals surface area (Å²) in [5.41, 5.74) is 1.33. The molecule has 0 bridgehead atoms. The normalized spacial score (nSPS) is 14.4. The van der Waals surface area contributed by atoms with E-state index < -0.39 is 0 Å². The minimum absolute atomic E-state index is 0.0103. The van der Waals surface area contributed by atoms with Gasteiger partial charge in [0, 0.05) is 24.7 Å². The molecule has 0 atom stereocenters. The Morgan fingerprint density at radius 2 is 1.86 bits per heavy atom. The number of hydrogen-bond donors (Lipinski definition) is 0. The van der Waals surface area contributed by atoms with Gasteiger partial charge in [0.05, 0.1) is 12.0 Å². The van der Waals surface area contributed by atoms with E-state index in [2.05, 4.69) is 4.98 Å². The lowest BCUT2D eigenvalue weighted by atomic mass is 10.1. The molecule has 2 aromatic rings. The van der Waals surface area contributed by atoms with Crippen LogP contribution in [0.3, 0.4) is 0 Å². The van der Waals surface area contributed by atoms with Crippen molar-refractivity contribution in [2.75, 3.05) is 13.1 Å². The fraction of sp³-hybridized carbons (Fsp3) is 0.312. The summed E-state index contributed by atoms with van der Waals surface area (Å²) in [5, 5.41) is 0. The molecular weight excluding hydrogens is 266 g/mol. The molecule has 0 aliphatic carbocycles. The van der Waals surface area contributed by atoms with Crippen LogP contribution in [0.1, 0.15) is 12.8 Å². The van der Waals surface area contributed by atoms with Gasteiger partial charge in [-0.05, 0) is 12.8 Å². The first kappa shape index (κ1) is 13.5. The summed E-state index contributed by atoms with van der Waals surface area (Å²) in [6.45, 7) is 1.66. The maximum atomic E-state index is 12.1. The zero-order valence-electron chi connectivity index (χ0n) is 11.7. The fourth-order valence-corrected chi connectivity index (χ4v) is 2.52. The van der Waals surface area contributed by atoms with E-state index in [9.17, 15) is 9.59 Å². The molecule has 5 heteroatoms. The zero-order valence-corrected chi connectivity index (χ0v) is 11.7. The van der Waals surface area contributed by atoms with E-state index in [-0.39, 0.29) is 18.0 Å². The molecule has 1 amide bonds. The Labute approximate surface area is 122 Å². The van der Waals surface area contributed by atoms with Gasteiger partial charge >= 0.3 is 0 Å². The number of aromatic nitrogens is 2. The highest BCUT2D eigenvalue weighted by molar-refractivity contribution is 5.76. The van der Waals surface area contributed by atoms with Crippen molar-refractivity contribution in [2.24, 2.45) is 0 Å². The minimum Gasteiger partial charge on any atom is -0.341 e. The monoisotopic (exact) mass is 283 g/mol. The predicted octanol–water partition coefficient (Wildman–Crippen LogP) is 1.53. The highest BCUT2D eigenvalue weighted by Crippen LogP contribution is 2.13. The summed E-state index contributed by atoms with van der Waals surface area (Å²) in [6, 6.07) is 11.0. The van der Waals surface area contributed by atoms with Gasteiger partial charge in [0.1, 0.15) is 6.54 Å². The highest BCUT2D eigenvalue weighted by Gasteiger charge is 2.18. The maximum absolute atomic E-state index is 12.1. The van der Waals surface area contributed by atoms with Crippen molar-refractivity contribution in [3.8, 4) is 11.3 Å². The Morgan fingerprint density at radius 1 is 1.14 bits per heavy atom. The molecule has 0 N–H and O–H groups in total. The number of amides is 1. The fourth-order valence-electron chi connectivity index (χ4n) is 2.52. The first-order chi connectivity index (χ1) is 10.2. The third-order valence-electron chi connectivity index (χ3n) is 3.71. The first-order valence-corrected chi connectivity index (χ1v) is 7.14. The number of rotatable bonds is 3. The second-order valence-electron chi connectivity index (χ2n) is 5.19. The van der Waals surface area contributed by atoms with E-state index in [0.717, 1.165) is 31.5 Å². The van der Waals surface area contributed by atoms with E-state index in [4.69, 9.17) is 0 Å². The summed E-state index contributed by atoms with van der Waals surface area (Å²) in [4.78, 5) is 30.3. The lowest BCUT2D eigenvalue weighted by Crippen LogP contribution is -2.34. The van der Waals surface area contributed by atoms with Crippen molar-refractivity contribution >= 4 is 5.91 Å². The minimum atomic E-state index is -0.198. The molecule has 108 valence electrons. The largest absolute Gasteiger partial charge is 0.341 e. The van der Waals surface area contributed by atoms with Crippen LogP contribution in [-0.2, 0) is 11.3 Å². The van der Waals surface area contributed by atoms with E-state index in [0.29, 0.717) is 5.69 Å². The molecule has 21 heavy (non-hydrogen) atoms. The quantitative estimate of drug-likeness (QED) is 0.858. The molecule has 1 saturated heterocycles. The molecule has 1 aromatic carbocycles. The molecular formula is C16H17N3O2. The maximum Gasteiger partial charge on any atom is 0.254 e. The van der Waals surface area contributed by atoms with E-state index in [1.165, 1.54) is 17.0 Å². The predicted molar refractivity (Wildman–Crippen MR) is 79.7 cm³/mol. The number of carbonyl (C=O) groups excluding carboxylic acids is 1. The van der Waals surface area contributed by atoms with Crippen LogP contribution < -0.4 is 5.56 Å². The smallest absolute Gasteiger partial charge is 0.254 e. The molecule has 0 unspecified atom stereocenters. The van der Waals surface area contributed by atoms with Crippen LogP contribution >= 0.6 is 0 Å². The molecule has 0 radical (unpaired) electrons.